The number of nitrogens with zero attached hydrogens (tertiary/aromatic N) is 1. The van der Waals surface area contributed by atoms with E-state index in [9.17, 15) is 9.59 Å². The van der Waals surface area contributed by atoms with Crippen molar-refractivity contribution < 1.29 is 14.7 Å². The number of carboxylic acids is 1. The van der Waals surface area contributed by atoms with Gasteiger partial charge in [0, 0.05) is 39.0 Å². The van der Waals surface area contributed by atoms with Crippen LogP contribution in [-0.2, 0) is 16.0 Å². The predicted octanol–water partition coefficient (Wildman–Crippen LogP) is 4.08. The number of likely N-dealkylation sites (tertiary alicyclic amines) is 1. The SMILES string of the molecule is O=C(O)[C@H]1CCN(C(=O)C(CS)Cc2ccc3sc4ccccc4c3c2)C1. The van der Waals surface area contributed by atoms with Gasteiger partial charge < -0.3 is 10.0 Å². The molecule has 0 aliphatic carbocycles. The third-order valence-electron chi connectivity index (χ3n) is 5.34. The molecule has 0 saturated carbocycles. The van der Waals surface area contributed by atoms with Crippen molar-refractivity contribution in [1.29, 1.82) is 0 Å². The molecule has 1 aliphatic rings. The molecule has 4 nitrogen and oxygen atoms in total. The summed E-state index contributed by atoms with van der Waals surface area (Å²) in [6.45, 7) is 0.834. The summed E-state index contributed by atoms with van der Waals surface area (Å²) in [7, 11) is 0. The molecule has 0 radical (unpaired) electrons. The maximum atomic E-state index is 12.9. The molecule has 3 aromatic rings. The van der Waals surface area contributed by atoms with Crippen LogP contribution in [0.15, 0.2) is 42.5 Å². The van der Waals surface area contributed by atoms with Gasteiger partial charge in [0.05, 0.1) is 11.8 Å². The lowest BCUT2D eigenvalue weighted by molar-refractivity contribution is -0.141. The van der Waals surface area contributed by atoms with Crippen LogP contribution in [0.1, 0.15) is 12.0 Å². The fourth-order valence-electron chi connectivity index (χ4n) is 3.83. The van der Waals surface area contributed by atoms with E-state index in [-0.39, 0.29) is 11.8 Å². The molecule has 0 spiro atoms. The number of rotatable bonds is 5. The average molecular weight is 400 g/mol. The monoisotopic (exact) mass is 399 g/mol. The molecule has 1 saturated heterocycles. The third-order valence-corrected chi connectivity index (χ3v) is 6.93. The Labute approximate surface area is 167 Å². The number of thiophene rings is 1. The van der Waals surface area contributed by atoms with Crippen LogP contribution < -0.4 is 0 Å². The van der Waals surface area contributed by atoms with Crippen molar-refractivity contribution in [2.24, 2.45) is 11.8 Å². The van der Waals surface area contributed by atoms with E-state index in [1.807, 2.05) is 6.07 Å². The lowest BCUT2D eigenvalue weighted by atomic mass is 9.98. The van der Waals surface area contributed by atoms with Crippen LogP contribution in [0.4, 0.5) is 0 Å². The quantitative estimate of drug-likeness (QED) is 0.636. The fourth-order valence-corrected chi connectivity index (χ4v) is 5.21. The number of carbonyl (C=O) groups is 2. The maximum absolute atomic E-state index is 12.9. The Morgan fingerprint density at radius 3 is 2.70 bits per heavy atom. The molecule has 2 heterocycles. The van der Waals surface area contributed by atoms with Crippen LogP contribution in [-0.4, -0.2) is 40.7 Å². The first-order valence-corrected chi connectivity index (χ1v) is 10.5. The van der Waals surface area contributed by atoms with Gasteiger partial charge in [0.25, 0.3) is 0 Å². The Morgan fingerprint density at radius 2 is 1.96 bits per heavy atom. The van der Waals surface area contributed by atoms with E-state index in [2.05, 4.69) is 49.0 Å². The highest BCUT2D eigenvalue weighted by atomic mass is 32.1. The van der Waals surface area contributed by atoms with Gasteiger partial charge in [-0.15, -0.1) is 11.3 Å². The average Bonchev–Trinajstić information content (AvgIpc) is 3.30. The predicted molar refractivity (Wildman–Crippen MR) is 113 cm³/mol. The first kappa shape index (κ1) is 18.3. The van der Waals surface area contributed by atoms with Crippen molar-refractivity contribution in [3.05, 3.63) is 48.0 Å². The highest BCUT2D eigenvalue weighted by molar-refractivity contribution is 7.80. The highest BCUT2D eigenvalue weighted by Crippen LogP contribution is 2.34. The molecule has 2 atom stereocenters. The normalized spacial score (nSPS) is 18.3. The minimum Gasteiger partial charge on any atom is -0.481 e. The van der Waals surface area contributed by atoms with Gasteiger partial charge in [-0.25, -0.2) is 0 Å². The number of hydrogen-bond donors (Lipinski definition) is 2. The third kappa shape index (κ3) is 3.56. The van der Waals surface area contributed by atoms with Crippen molar-refractivity contribution in [2.45, 2.75) is 12.8 Å². The molecule has 1 aromatic heterocycles. The first-order chi connectivity index (χ1) is 13.1. The van der Waals surface area contributed by atoms with Crippen LogP contribution in [0, 0.1) is 11.8 Å². The number of hydrogen-bond acceptors (Lipinski definition) is 4. The molecule has 140 valence electrons. The summed E-state index contributed by atoms with van der Waals surface area (Å²) in [6.07, 6.45) is 1.16. The van der Waals surface area contributed by atoms with Crippen molar-refractivity contribution in [3.63, 3.8) is 0 Å². The summed E-state index contributed by atoms with van der Waals surface area (Å²) in [6, 6.07) is 14.8. The summed E-state index contributed by atoms with van der Waals surface area (Å²) in [5, 5.41) is 11.6. The standard InChI is InChI=1S/C21H21NO3S2/c23-20(22-8-7-14(11-22)21(24)25)15(12-26)9-13-5-6-19-17(10-13)16-3-1-2-4-18(16)27-19/h1-6,10,14-15,26H,7-9,11-12H2,(H,24,25)/t14-,15?/m0/s1. The summed E-state index contributed by atoms with van der Waals surface area (Å²) in [5.74, 6) is -1.02. The Bertz CT molecular complexity index is 1010. The molecule has 27 heavy (non-hydrogen) atoms. The molecule has 2 aromatic carbocycles. The fraction of sp³-hybridized carbons (Fsp3) is 0.333. The Kier molecular flexibility index (Phi) is 5.10. The van der Waals surface area contributed by atoms with Gasteiger partial charge in [-0.1, -0.05) is 24.3 Å². The van der Waals surface area contributed by atoms with Gasteiger partial charge in [0.15, 0.2) is 0 Å². The number of benzene rings is 2. The molecule has 6 heteroatoms. The molecule has 0 bridgehead atoms. The second kappa shape index (κ2) is 7.52. The van der Waals surface area contributed by atoms with Crippen molar-refractivity contribution in [2.75, 3.05) is 18.8 Å². The van der Waals surface area contributed by atoms with Gasteiger partial charge in [-0.2, -0.15) is 12.6 Å². The summed E-state index contributed by atoms with van der Waals surface area (Å²) in [5.41, 5.74) is 1.12. The number of carboxylic acid groups (broad SMARTS) is 1. The van der Waals surface area contributed by atoms with E-state index in [1.165, 1.54) is 20.2 Å². The number of carbonyl (C=O) groups excluding carboxylic acids is 1. The lowest BCUT2D eigenvalue weighted by Crippen LogP contribution is -2.36. The Morgan fingerprint density at radius 1 is 1.19 bits per heavy atom. The second-order valence-electron chi connectivity index (χ2n) is 7.12. The van der Waals surface area contributed by atoms with E-state index in [4.69, 9.17) is 5.11 Å². The van der Waals surface area contributed by atoms with E-state index in [1.54, 1.807) is 16.2 Å². The summed E-state index contributed by atoms with van der Waals surface area (Å²) in [4.78, 5) is 25.7. The van der Waals surface area contributed by atoms with Gasteiger partial charge >= 0.3 is 5.97 Å². The first-order valence-electron chi connectivity index (χ1n) is 9.09. The molecule has 1 unspecified atom stereocenters. The van der Waals surface area contributed by atoms with Crippen LogP contribution >= 0.6 is 24.0 Å². The molecular formula is C21H21NO3S2. The van der Waals surface area contributed by atoms with Crippen molar-refractivity contribution in [1.82, 2.24) is 4.90 Å². The van der Waals surface area contributed by atoms with Crippen LogP contribution in [0.5, 0.6) is 0 Å². The topological polar surface area (TPSA) is 57.6 Å². The van der Waals surface area contributed by atoms with Crippen LogP contribution in [0.3, 0.4) is 0 Å². The van der Waals surface area contributed by atoms with Crippen LogP contribution in [0.25, 0.3) is 20.2 Å². The van der Waals surface area contributed by atoms with Gasteiger partial charge in [0.1, 0.15) is 0 Å². The zero-order chi connectivity index (χ0) is 19.0. The lowest BCUT2D eigenvalue weighted by Gasteiger charge is -2.22. The second-order valence-corrected chi connectivity index (χ2v) is 8.57. The van der Waals surface area contributed by atoms with Crippen molar-refractivity contribution in [3.8, 4) is 0 Å². The number of thiol groups is 1. The maximum Gasteiger partial charge on any atom is 0.308 e. The molecule has 4 rings (SSSR count). The molecule has 1 aliphatic heterocycles. The summed E-state index contributed by atoms with van der Waals surface area (Å²) >= 11 is 6.18. The zero-order valence-corrected chi connectivity index (χ0v) is 16.5. The highest BCUT2D eigenvalue weighted by Gasteiger charge is 2.33. The Hall–Kier alpha value is -2.05. The largest absolute Gasteiger partial charge is 0.481 e. The molecule has 1 fully saturated rings. The molecular weight excluding hydrogens is 378 g/mol. The van der Waals surface area contributed by atoms with Crippen LogP contribution in [0.2, 0.25) is 0 Å². The minimum absolute atomic E-state index is 0.0176. The van der Waals surface area contributed by atoms with Gasteiger partial charge in [-0.3, -0.25) is 9.59 Å². The van der Waals surface area contributed by atoms with Gasteiger partial charge in [-0.05, 0) is 36.6 Å². The number of fused-ring (bicyclic) bond motifs is 3. The number of amides is 1. The molecule has 1 N–H and O–H groups in total. The van der Waals surface area contributed by atoms with E-state index >= 15 is 0 Å². The summed E-state index contributed by atoms with van der Waals surface area (Å²) < 4.78 is 2.51. The van der Waals surface area contributed by atoms with Crippen molar-refractivity contribution >= 4 is 56.0 Å². The smallest absolute Gasteiger partial charge is 0.308 e. The van der Waals surface area contributed by atoms with E-state index in [0.29, 0.717) is 31.7 Å². The van der Waals surface area contributed by atoms with Gasteiger partial charge in [0.2, 0.25) is 5.91 Å². The molecule has 1 amide bonds. The Balaban J connectivity index is 1.55. The number of aliphatic carboxylic acids is 1. The minimum atomic E-state index is -0.817. The van der Waals surface area contributed by atoms with E-state index < -0.39 is 11.9 Å². The zero-order valence-electron chi connectivity index (χ0n) is 14.8. The van der Waals surface area contributed by atoms with E-state index in [0.717, 1.165) is 5.56 Å².